The Balaban J connectivity index is 1.62. The maximum absolute atomic E-state index is 12.8. The molecule has 144 valence electrons. The van der Waals surface area contributed by atoms with Gasteiger partial charge < -0.3 is 19.3 Å². The van der Waals surface area contributed by atoms with Crippen LogP contribution in [0.25, 0.3) is 0 Å². The molecule has 1 saturated heterocycles. The molecule has 10 heteroatoms. The van der Waals surface area contributed by atoms with Gasteiger partial charge in [0.15, 0.2) is 11.5 Å². The SMILES string of the molecule is CCCOCCC(=O)N1CCN2c3ncc(C(F)(F)F)nc3OCC2C1. The van der Waals surface area contributed by atoms with Gasteiger partial charge >= 0.3 is 6.18 Å². The molecule has 2 aliphatic heterocycles. The molecule has 0 aliphatic carbocycles. The van der Waals surface area contributed by atoms with E-state index in [1.54, 1.807) is 4.90 Å². The van der Waals surface area contributed by atoms with E-state index >= 15 is 0 Å². The number of ether oxygens (including phenoxy) is 2. The summed E-state index contributed by atoms with van der Waals surface area (Å²) in [6.07, 6.45) is -2.62. The summed E-state index contributed by atoms with van der Waals surface area (Å²) in [7, 11) is 0. The number of alkyl halides is 3. The highest BCUT2D eigenvalue weighted by Gasteiger charge is 2.39. The fourth-order valence-corrected chi connectivity index (χ4v) is 3.04. The Bertz CT molecular complexity index is 656. The first-order valence-electron chi connectivity index (χ1n) is 8.59. The zero-order valence-electron chi connectivity index (χ0n) is 14.5. The Labute approximate surface area is 149 Å². The first-order valence-corrected chi connectivity index (χ1v) is 8.59. The number of hydrogen-bond acceptors (Lipinski definition) is 6. The van der Waals surface area contributed by atoms with Crippen LogP contribution in [0.2, 0.25) is 0 Å². The number of aromatic nitrogens is 2. The number of halogens is 3. The van der Waals surface area contributed by atoms with Crippen LogP contribution < -0.4 is 9.64 Å². The third-order valence-electron chi connectivity index (χ3n) is 4.34. The van der Waals surface area contributed by atoms with Gasteiger partial charge in [0, 0.05) is 26.2 Å². The van der Waals surface area contributed by atoms with Crippen molar-refractivity contribution in [3.63, 3.8) is 0 Å². The fraction of sp³-hybridized carbons (Fsp3) is 0.688. The van der Waals surface area contributed by atoms with Crippen LogP contribution in [0.15, 0.2) is 6.20 Å². The summed E-state index contributed by atoms with van der Waals surface area (Å²) in [6.45, 7) is 4.58. The number of hydrogen-bond donors (Lipinski definition) is 0. The smallest absolute Gasteiger partial charge is 0.435 e. The van der Waals surface area contributed by atoms with Crippen molar-refractivity contribution in [3.05, 3.63) is 11.9 Å². The largest absolute Gasteiger partial charge is 0.473 e. The number of amides is 1. The second-order valence-corrected chi connectivity index (χ2v) is 6.24. The lowest BCUT2D eigenvalue weighted by Gasteiger charge is -2.44. The van der Waals surface area contributed by atoms with Crippen LogP contribution >= 0.6 is 0 Å². The average molecular weight is 374 g/mol. The highest BCUT2D eigenvalue weighted by Crippen LogP contribution is 2.35. The molecule has 1 fully saturated rings. The van der Waals surface area contributed by atoms with Crippen molar-refractivity contribution in [2.75, 3.05) is 44.4 Å². The first-order chi connectivity index (χ1) is 12.4. The highest BCUT2D eigenvalue weighted by atomic mass is 19.4. The summed E-state index contributed by atoms with van der Waals surface area (Å²) in [4.78, 5) is 23.3. The van der Waals surface area contributed by atoms with Gasteiger partial charge in [0.25, 0.3) is 5.88 Å². The molecule has 0 bridgehead atoms. The van der Waals surface area contributed by atoms with E-state index in [0.29, 0.717) is 51.3 Å². The highest BCUT2D eigenvalue weighted by molar-refractivity contribution is 5.76. The van der Waals surface area contributed by atoms with Gasteiger partial charge in [-0.25, -0.2) is 9.97 Å². The minimum atomic E-state index is -4.56. The Morgan fingerprint density at radius 3 is 2.92 bits per heavy atom. The lowest BCUT2D eigenvalue weighted by atomic mass is 10.1. The Morgan fingerprint density at radius 1 is 1.38 bits per heavy atom. The van der Waals surface area contributed by atoms with Crippen LogP contribution in [0.1, 0.15) is 25.5 Å². The van der Waals surface area contributed by atoms with Crippen LogP contribution in [0, 0.1) is 0 Å². The number of anilines is 1. The van der Waals surface area contributed by atoms with E-state index in [4.69, 9.17) is 9.47 Å². The molecule has 26 heavy (non-hydrogen) atoms. The van der Waals surface area contributed by atoms with E-state index in [0.717, 1.165) is 6.42 Å². The molecular weight excluding hydrogens is 353 g/mol. The van der Waals surface area contributed by atoms with Gasteiger partial charge in [-0.1, -0.05) is 6.92 Å². The van der Waals surface area contributed by atoms with E-state index in [-0.39, 0.29) is 24.4 Å². The van der Waals surface area contributed by atoms with Gasteiger partial charge in [-0.05, 0) is 6.42 Å². The van der Waals surface area contributed by atoms with Crippen molar-refractivity contribution in [2.45, 2.75) is 32.0 Å². The number of nitrogens with zero attached hydrogens (tertiary/aromatic N) is 4. The molecule has 1 aromatic rings. The van der Waals surface area contributed by atoms with Crippen molar-refractivity contribution < 1.29 is 27.4 Å². The fourth-order valence-electron chi connectivity index (χ4n) is 3.04. The standard InChI is InChI=1S/C16H21F3N4O3/c1-2-6-25-7-3-13(24)22-4-5-23-11(9-22)10-26-15-14(23)20-8-12(21-15)16(17,18)19/h8,11H,2-7,9-10H2,1H3. The van der Waals surface area contributed by atoms with Gasteiger partial charge in [0.2, 0.25) is 5.91 Å². The molecule has 3 rings (SSSR count). The van der Waals surface area contributed by atoms with E-state index < -0.39 is 11.9 Å². The van der Waals surface area contributed by atoms with Gasteiger partial charge in [0.05, 0.1) is 25.3 Å². The van der Waals surface area contributed by atoms with Crippen LogP contribution in [0.4, 0.5) is 19.0 Å². The molecule has 1 unspecified atom stereocenters. The maximum atomic E-state index is 12.8. The molecule has 1 aromatic heterocycles. The summed E-state index contributed by atoms with van der Waals surface area (Å²) < 4.78 is 49.0. The van der Waals surface area contributed by atoms with E-state index in [1.165, 1.54) is 0 Å². The van der Waals surface area contributed by atoms with Crippen LogP contribution in [-0.4, -0.2) is 66.3 Å². The summed E-state index contributed by atoms with van der Waals surface area (Å²) >= 11 is 0. The normalized spacial score (nSPS) is 19.6. The molecule has 1 atom stereocenters. The summed E-state index contributed by atoms with van der Waals surface area (Å²) in [5.74, 6) is 0.196. The van der Waals surface area contributed by atoms with Crippen LogP contribution in [0.5, 0.6) is 5.88 Å². The molecular formula is C16H21F3N4O3. The number of fused-ring (bicyclic) bond motifs is 3. The predicted octanol–water partition coefficient (Wildman–Crippen LogP) is 1.72. The van der Waals surface area contributed by atoms with Crippen molar-refractivity contribution in [1.82, 2.24) is 14.9 Å². The topological polar surface area (TPSA) is 67.8 Å². The van der Waals surface area contributed by atoms with Gasteiger partial charge in [-0.2, -0.15) is 13.2 Å². The molecule has 0 aromatic carbocycles. The van der Waals surface area contributed by atoms with Crippen molar-refractivity contribution in [3.8, 4) is 5.88 Å². The maximum Gasteiger partial charge on any atom is 0.435 e. The van der Waals surface area contributed by atoms with E-state index in [2.05, 4.69) is 9.97 Å². The Hall–Kier alpha value is -2.10. The van der Waals surface area contributed by atoms with Gasteiger partial charge in [0.1, 0.15) is 6.61 Å². The third kappa shape index (κ3) is 4.00. The molecule has 2 aliphatic rings. The van der Waals surface area contributed by atoms with E-state index in [1.807, 2.05) is 11.8 Å². The first kappa shape index (κ1) is 18.7. The number of carbonyl (C=O) groups is 1. The van der Waals surface area contributed by atoms with Crippen LogP contribution in [-0.2, 0) is 15.7 Å². The zero-order chi connectivity index (χ0) is 18.7. The second kappa shape index (κ2) is 7.65. The molecule has 0 N–H and O–H groups in total. The monoisotopic (exact) mass is 374 g/mol. The number of rotatable bonds is 5. The minimum Gasteiger partial charge on any atom is -0.473 e. The van der Waals surface area contributed by atoms with Crippen molar-refractivity contribution >= 4 is 11.7 Å². The molecule has 0 spiro atoms. The third-order valence-corrected chi connectivity index (χ3v) is 4.34. The molecule has 7 nitrogen and oxygen atoms in total. The van der Waals surface area contributed by atoms with Crippen molar-refractivity contribution in [2.24, 2.45) is 0 Å². The van der Waals surface area contributed by atoms with Crippen molar-refractivity contribution in [1.29, 1.82) is 0 Å². The Morgan fingerprint density at radius 2 is 2.19 bits per heavy atom. The van der Waals surface area contributed by atoms with Gasteiger partial charge in [-0.3, -0.25) is 4.79 Å². The summed E-state index contributed by atoms with van der Waals surface area (Å²) in [6, 6.07) is -0.150. The summed E-state index contributed by atoms with van der Waals surface area (Å²) in [5.41, 5.74) is -1.07. The average Bonchev–Trinajstić information content (AvgIpc) is 2.63. The lowest BCUT2D eigenvalue weighted by Crippen LogP contribution is -2.58. The van der Waals surface area contributed by atoms with E-state index in [9.17, 15) is 18.0 Å². The van der Waals surface area contributed by atoms with Gasteiger partial charge in [-0.15, -0.1) is 0 Å². The second-order valence-electron chi connectivity index (χ2n) is 6.24. The lowest BCUT2D eigenvalue weighted by molar-refractivity contribution is -0.141. The minimum absolute atomic E-state index is 0.00468. The zero-order valence-corrected chi connectivity index (χ0v) is 14.5. The molecule has 3 heterocycles. The summed E-state index contributed by atoms with van der Waals surface area (Å²) in [5, 5.41) is 0. The quantitative estimate of drug-likeness (QED) is 0.731. The van der Waals surface area contributed by atoms with Crippen LogP contribution in [0.3, 0.4) is 0 Å². The predicted molar refractivity (Wildman–Crippen MR) is 86.0 cm³/mol. The molecule has 0 radical (unpaired) electrons. The number of piperazine rings is 1. The molecule has 0 saturated carbocycles. The molecule has 1 amide bonds. The number of carbonyl (C=O) groups excluding carboxylic acids is 1. The Kier molecular flexibility index (Phi) is 5.49.